The lowest BCUT2D eigenvalue weighted by atomic mass is 10.0. The molecule has 1 aromatic rings. The van der Waals surface area contributed by atoms with Crippen LogP contribution in [0.5, 0.6) is 0 Å². The number of benzene rings is 1. The highest BCUT2D eigenvalue weighted by Gasteiger charge is 2.27. The van der Waals surface area contributed by atoms with Crippen LogP contribution < -0.4 is 0 Å². The second kappa shape index (κ2) is 9.23. The molecule has 0 fully saturated rings. The summed E-state index contributed by atoms with van der Waals surface area (Å²) in [5.41, 5.74) is 0.477. The van der Waals surface area contributed by atoms with Gasteiger partial charge in [-0.1, -0.05) is 45.9 Å². The first-order chi connectivity index (χ1) is 10.6. The zero-order valence-corrected chi connectivity index (χ0v) is 14.2. The Morgan fingerprint density at radius 1 is 1.05 bits per heavy atom. The summed E-state index contributed by atoms with van der Waals surface area (Å²) < 4.78 is 0.667. The molecule has 0 heterocycles. The Morgan fingerprint density at radius 2 is 1.50 bits per heavy atom. The predicted molar refractivity (Wildman–Crippen MR) is 91.4 cm³/mol. The lowest BCUT2D eigenvalue weighted by molar-refractivity contribution is -0.354. The summed E-state index contributed by atoms with van der Waals surface area (Å²) in [4.78, 5) is 14.6. The number of carbonyl (C=O) groups is 1. The molecule has 0 aliphatic rings. The highest BCUT2D eigenvalue weighted by atomic mass is 16.5. The monoisotopic (exact) mass is 304 g/mol. The average Bonchev–Trinajstić information content (AvgIpc) is 2.56. The second-order valence-electron chi connectivity index (χ2n) is 5.48. The van der Waals surface area contributed by atoms with Gasteiger partial charge >= 0.3 is 5.91 Å². The van der Waals surface area contributed by atoms with E-state index in [2.05, 4.69) is 27.7 Å². The van der Waals surface area contributed by atoms with Crippen molar-refractivity contribution in [2.45, 2.75) is 65.5 Å². The third-order valence-corrected chi connectivity index (χ3v) is 4.16. The van der Waals surface area contributed by atoms with Crippen molar-refractivity contribution in [2.24, 2.45) is 0 Å². The van der Waals surface area contributed by atoms with E-state index in [-0.39, 0.29) is 18.0 Å². The Bertz CT molecular complexity index is 465. The van der Waals surface area contributed by atoms with E-state index in [4.69, 9.17) is 0 Å². The van der Waals surface area contributed by atoms with Crippen molar-refractivity contribution >= 4 is 17.8 Å². The molecular formula is C18H28N2O2. The topological polar surface area (TPSA) is 46.4 Å². The Balaban J connectivity index is 3.06. The van der Waals surface area contributed by atoms with Crippen molar-refractivity contribution in [3.63, 3.8) is 0 Å². The van der Waals surface area contributed by atoms with E-state index in [1.165, 1.54) is 6.21 Å². The van der Waals surface area contributed by atoms with Gasteiger partial charge in [0.05, 0.1) is 0 Å². The van der Waals surface area contributed by atoms with Gasteiger partial charge in [0.25, 0.3) is 0 Å². The van der Waals surface area contributed by atoms with Crippen LogP contribution in [-0.4, -0.2) is 33.8 Å². The van der Waals surface area contributed by atoms with E-state index in [1.54, 1.807) is 24.3 Å². The Hall–Kier alpha value is -1.84. The van der Waals surface area contributed by atoms with Crippen LogP contribution in [0.25, 0.3) is 0 Å². The van der Waals surface area contributed by atoms with Gasteiger partial charge in [0, 0.05) is 24.2 Å². The third-order valence-electron chi connectivity index (χ3n) is 4.16. The number of amides is 1. The SMILES string of the molecule is CCC(CC)N(C(=O)/C=[N+](\[O-])c1ccccc1)C(CC)CC. The van der Waals surface area contributed by atoms with Gasteiger partial charge in [-0.3, -0.25) is 4.79 Å². The fraction of sp³-hybridized carbons (Fsp3) is 0.556. The molecule has 0 bridgehead atoms. The fourth-order valence-electron chi connectivity index (χ4n) is 2.84. The molecule has 1 aromatic carbocycles. The molecule has 0 aromatic heterocycles. The molecule has 1 rings (SSSR count). The summed E-state index contributed by atoms with van der Waals surface area (Å²) >= 11 is 0. The molecule has 0 atom stereocenters. The van der Waals surface area contributed by atoms with E-state index in [9.17, 15) is 10.0 Å². The van der Waals surface area contributed by atoms with Gasteiger partial charge in [0.2, 0.25) is 11.9 Å². The summed E-state index contributed by atoms with van der Waals surface area (Å²) in [7, 11) is 0. The maximum atomic E-state index is 12.7. The van der Waals surface area contributed by atoms with E-state index in [1.807, 2.05) is 11.0 Å². The van der Waals surface area contributed by atoms with Crippen molar-refractivity contribution in [1.29, 1.82) is 0 Å². The predicted octanol–water partition coefficient (Wildman–Crippen LogP) is 4.11. The number of carbonyl (C=O) groups excluding carboxylic acids is 1. The quantitative estimate of drug-likeness (QED) is 0.314. The Labute approximate surface area is 134 Å². The van der Waals surface area contributed by atoms with Crippen LogP contribution in [0.3, 0.4) is 0 Å². The standard InChI is InChI=1S/C18H28N2O2/c1-5-15(6-2)20(16(7-3)8-4)18(21)14-19(22)17-12-10-9-11-13-17/h9-16H,5-8H2,1-4H3/b19-14-. The normalized spacial score (nSPS) is 12.0. The lowest BCUT2D eigenvalue weighted by Gasteiger charge is -2.35. The number of hydrogen-bond donors (Lipinski definition) is 0. The van der Waals surface area contributed by atoms with Crippen LogP contribution in [0.4, 0.5) is 5.69 Å². The second-order valence-corrected chi connectivity index (χ2v) is 5.48. The molecule has 122 valence electrons. The van der Waals surface area contributed by atoms with Crippen LogP contribution in [0.2, 0.25) is 0 Å². The smallest absolute Gasteiger partial charge is 0.312 e. The molecule has 0 unspecified atom stereocenters. The van der Waals surface area contributed by atoms with Gasteiger partial charge in [0.15, 0.2) is 0 Å². The van der Waals surface area contributed by atoms with Crippen molar-refractivity contribution in [3.05, 3.63) is 35.5 Å². The maximum absolute atomic E-state index is 12.7. The van der Waals surface area contributed by atoms with E-state index in [0.29, 0.717) is 10.4 Å². The first-order valence-corrected chi connectivity index (χ1v) is 8.27. The molecule has 0 N–H and O–H groups in total. The number of rotatable bonds is 8. The minimum Gasteiger partial charge on any atom is -0.618 e. The number of para-hydroxylation sites is 1. The number of nitrogens with zero attached hydrogens (tertiary/aromatic N) is 2. The van der Waals surface area contributed by atoms with E-state index >= 15 is 0 Å². The summed E-state index contributed by atoms with van der Waals surface area (Å²) in [6.07, 6.45) is 4.77. The summed E-state index contributed by atoms with van der Waals surface area (Å²) in [6, 6.07) is 9.19. The first-order valence-electron chi connectivity index (χ1n) is 8.27. The van der Waals surface area contributed by atoms with Gasteiger partial charge in [-0.05, 0) is 25.7 Å². The Kier molecular flexibility index (Phi) is 7.64. The highest BCUT2D eigenvalue weighted by Crippen LogP contribution is 2.18. The van der Waals surface area contributed by atoms with Crippen LogP contribution in [0, 0.1) is 5.21 Å². The van der Waals surface area contributed by atoms with Gasteiger partial charge < -0.3 is 10.1 Å². The highest BCUT2D eigenvalue weighted by molar-refractivity contribution is 6.24. The summed E-state index contributed by atoms with van der Waals surface area (Å²) in [5.74, 6) is -0.193. The minimum atomic E-state index is -0.193. The zero-order chi connectivity index (χ0) is 16.5. The molecular weight excluding hydrogens is 276 g/mol. The van der Waals surface area contributed by atoms with Crippen LogP contribution in [0.1, 0.15) is 53.4 Å². The van der Waals surface area contributed by atoms with Gasteiger partial charge in [0.1, 0.15) is 0 Å². The molecule has 4 nitrogen and oxygen atoms in total. The third kappa shape index (κ3) is 4.58. The van der Waals surface area contributed by atoms with Crippen molar-refractivity contribution < 1.29 is 9.53 Å². The molecule has 0 saturated carbocycles. The van der Waals surface area contributed by atoms with Gasteiger partial charge in [-0.15, -0.1) is 0 Å². The maximum Gasteiger partial charge on any atom is 0.312 e. The molecule has 0 aliphatic carbocycles. The van der Waals surface area contributed by atoms with Crippen LogP contribution >= 0.6 is 0 Å². The molecule has 0 radical (unpaired) electrons. The summed E-state index contributed by atoms with van der Waals surface area (Å²) in [5, 5.41) is 12.2. The Morgan fingerprint density at radius 3 is 1.91 bits per heavy atom. The van der Waals surface area contributed by atoms with Crippen molar-refractivity contribution in [1.82, 2.24) is 4.90 Å². The van der Waals surface area contributed by atoms with Crippen molar-refractivity contribution in [3.8, 4) is 0 Å². The molecule has 0 aliphatic heterocycles. The van der Waals surface area contributed by atoms with Crippen LogP contribution in [-0.2, 0) is 4.79 Å². The van der Waals surface area contributed by atoms with Gasteiger partial charge in [-0.25, -0.2) is 0 Å². The summed E-state index contributed by atoms with van der Waals surface area (Å²) in [6.45, 7) is 8.35. The van der Waals surface area contributed by atoms with Crippen molar-refractivity contribution in [2.75, 3.05) is 0 Å². The van der Waals surface area contributed by atoms with E-state index < -0.39 is 0 Å². The van der Waals surface area contributed by atoms with Crippen LogP contribution in [0.15, 0.2) is 30.3 Å². The fourth-order valence-corrected chi connectivity index (χ4v) is 2.84. The average molecular weight is 304 g/mol. The largest absolute Gasteiger partial charge is 0.618 e. The molecule has 4 heteroatoms. The minimum absolute atomic E-state index is 0.179. The molecule has 0 spiro atoms. The molecule has 0 saturated heterocycles. The van der Waals surface area contributed by atoms with E-state index in [0.717, 1.165) is 25.7 Å². The van der Waals surface area contributed by atoms with Gasteiger partial charge in [-0.2, -0.15) is 4.74 Å². The first kappa shape index (κ1) is 18.2. The molecule has 22 heavy (non-hydrogen) atoms. The zero-order valence-electron chi connectivity index (χ0n) is 14.2. The lowest BCUT2D eigenvalue weighted by Crippen LogP contribution is -2.47. The number of hydrogen-bond acceptors (Lipinski definition) is 2. The molecule has 1 amide bonds.